The van der Waals surface area contributed by atoms with Crippen molar-refractivity contribution in [1.29, 1.82) is 0 Å². The Kier molecular flexibility index (Phi) is 3.86. The van der Waals surface area contributed by atoms with Gasteiger partial charge in [0.2, 0.25) is 5.13 Å². The molecule has 1 aromatic heterocycles. The molecule has 0 aromatic carbocycles. The van der Waals surface area contributed by atoms with Crippen LogP contribution in [0.15, 0.2) is 0 Å². The Bertz CT molecular complexity index is 494. The third-order valence-electron chi connectivity index (χ3n) is 3.97. The van der Waals surface area contributed by atoms with Crippen LogP contribution in [0, 0.1) is 0 Å². The zero-order chi connectivity index (χ0) is 14.1. The molecular weight excluding hydrogens is 278 g/mol. The van der Waals surface area contributed by atoms with Crippen LogP contribution in [0.2, 0.25) is 0 Å². The molecule has 20 heavy (non-hydrogen) atoms. The van der Waals surface area contributed by atoms with Crippen molar-refractivity contribution >= 4 is 22.5 Å². The molecule has 7 nitrogen and oxygen atoms in total. The van der Waals surface area contributed by atoms with E-state index in [4.69, 9.17) is 4.74 Å². The van der Waals surface area contributed by atoms with Crippen LogP contribution >= 0.6 is 11.3 Å². The lowest BCUT2D eigenvalue weighted by Crippen LogP contribution is -2.31. The highest BCUT2D eigenvalue weighted by molar-refractivity contribution is 7.15. The Morgan fingerprint density at radius 2 is 2.15 bits per heavy atom. The van der Waals surface area contributed by atoms with Crippen LogP contribution < -0.4 is 10.3 Å². The molecule has 0 spiro atoms. The summed E-state index contributed by atoms with van der Waals surface area (Å²) in [5.74, 6) is 0.309. The fraction of sp³-hybridized carbons (Fsp3) is 0.750. The van der Waals surface area contributed by atoms with Gasteiger partial charge >= 0.3 is 6.03 Å². The number of carbonyl (C=O) groups excluding carboxylic acids is 1. The van der Waals surface area contributed by atoms with E-state index in [9.17, 15) is 4.79 Å². The topological polar surface area (TPSA) is 70.6 Å². The van der Waals surface area contributed by atoms with Crippen LogP contribution in [-0.2, 0) is 4.74 Å². The van der Waals surface area contributed by atoms with Crippen molar-refractivity contribution in [1.82, 2.24) is 20.6 Å². The molecule has 1 saturated carbocycles. The quantitative estimate of drug-likeness (QED) is 0.916. The zero-order valence-corrected chi connectivity index (χ0v) is 12.5. The first-order valence-electron chi connectivity index (χ1n) is 6.85. The Morgan fingerprint density at radius 1 is 1.35 bits per heavy atom. The Morgan fingerprint density at radius 3 is 2.85 bits per heavy atom. The van der Waals surface area contributed by atoms with Gasteiger partial charge in [-0.3, -0.25) is 9.91 Å². The number of carbonyl (C=O) groups is 1. The smallest absolute Gasteiger partial charge is 0.341 e. The molecular formula is C12H19N5O2S. The van der Waals surface area contributed by atoms with Gasteiger partial charge in [0.1, 0.15) is 5.01 Å². The maximum atomic E-state index is 11.9. The van der Waals surface area contributed by atoms with E-state index in [0.717, 1.165) is 17.8 Å². The number of nitrogens with zero attached hydrogens (tertiary/aromatic N) is 4. The molecule has 110 valence electrons. The van der Waals surface area contributed by atoms with Gasteiger partial charge in [-0.15, -0.1) is 10.2 Å². The fourth-order valence-corrected chi connectivity index (χ4v) is 3.81. The second kappa shape index (κ2) is 5.63. The molecule has 1 aliphatic heterocycles. The Balaban J connectivity index is 1.78. The van der Waals surface area contributed by atoms with Crippen molar-refractivity contribution in [2.75, 3.05) is 25.7 Å². The van der Waals surface area contributed by atoms with Gasteiger partial charge in [0.25, 0.3) is 0 Å². The SMILES string of the molecule is COC1CCCCC1c1nnc(N2CNN(C)C2=O)s1. The van der Waals surface area contributed by atoms with Crippen LogP contribution in [0.5, 0.6) is 0 Å². The predicted octanol–water partition coefficient (Wildman–Crippen LogP) is 1.54. The number of anilines is 1. The molecule has 1 aliphatic carbocycles. The third-order valence-corrected chi connectivity index (χ3v) is 5.05. The first-order valence-corrected chi connectivity index (χ1v) is 7.67. The average Bonchev–Trinajstić information content (AvgIpc) is 3.07. The number of rotatable bonds is 3. The minimum absolute atomic E-state index is 0.0976. The van der Waals surface area contributed by atoms with E-state index in [2.05, 4.69) is 15.6 Å². The molecule has 0 radical (unpaired) electrons. The molecule has 0 bridgehead atoms. The zero-order valence-electron chi connectivity index (χ0n) is 11.7. The molecule has 3 rings (SSSR count). The van der Waals surface area contributed by atoms with Crippen LogP contribution in [0.1, 0.15) is 36.6 Å². The molecule has 8 heteroatoms. The summed E-state index contributed by atoms with van der Waals surface area (Å²) in [7, 11) is 3.46. The maximum Gasteiger partial charge on any atom is 0.341 e. The lowest BCUT2D eigenvalue weighted by molar-refractivity contribution is 0.0521. The van der Waals surface area contributed by atoms with Crippen LogP contribution in [0.3, 0.4) is 0 Å². The largest absolute Gasteiger partial charge is 0.381 e. The number of urea groups is 1. The van der Waals surface area contributed by atoms with E-state index in [1.165, 1.54) is 29.2 Å². The summed E-state index contributed by atoms with van der Waals surface area (Å²) in [6.07, 6.45) is 4.79. The number of methoxy groups -OCH3 is 1. The lowest BCUT2D eigenvalue weighted by atomic mass is 9.87. The van der Waals surface area contributed by atoms with Gasteiger partial charge in [0, 0.05) is 20.1 Å². The highest BCUT2D eigenvalue weighted by atomic mass is 32.1. The molecule has 2 heterocycles. The van der Waals surface area contributed by atoms with Crippen LogP contribution in [0.25, 0.3) is 0 Å². The van der Waals surface area contributed by atoms with Gasteiger partial charge in [-0.05, 0) is 12.8 Å². The molecule has 2 aliphatic rings. The lowest BCUT2D eigenvalue weighted by Gasteiger charge is -2.28. The Hall–Kier alpha value is -1.25. The standard InChI is InChI=1S/C12H19N5O2S/c1-16-12(18)17(7-13-16)11-15-14-10(20-11)8-5-3-4-6-9(8)19-2/h8-9,13H,3-7H2,1-2H3. The number of hydrogen-bond donors (Lipinski definition) is 1. The second-order valence-corrected chi connectivity index (χ2v) is 6.16. The van der Waals surface area contributed by atoms with Gasteiger partial charge < -0.3 is 4.74 Å². The van der Waals surface area contributed by atoms with Gasteiger partial charge in [-0.2, -0.15) is 0 Å². The molecule has 2 fully saturated rings. The summed E-state index contributed by atoms with van der Waals surface area (Å²) in [4.78, 5) is 13.5. The summed E-state index contributed by atoms with van der Waals surface area (Å²) in [6.45, 7) is 0.447. The van der Waals surface area contributed by atoms with Crippen LogP contribution in [-0.4, -0.2) is 48.2 Å². The minimum atomic E-state index is -0.0976. The van der Waals surface area contributed by atoms with Crippen molar-refractivity contribution in [2.45, 2.75) is 37.7 Å². The van der Waals surface area contributed by atoms with Crippen molar-refractivity contribution < 1.29 is 9.53 Å². The average molecular weight is 297 g/mol. The highest BCUT2D eigenvalue weighted by Gasteiger charge is 2.33. The number of hydrazine groups is 1. The van der Waals surface area contributed by atoms with Crippen molar-refractivity contribution in [3.05, 3.63) is 5.01 Å². The monoisotopic (exact) mass is 297 g/mol. The molecule has 1 saturated heterocycles. The van der Waals surface area contributed by atoms with Crippen molar-refractivity contribution in [3.8, 4) is 0 Å². The van der Waals surface area contributed by atoms with Gasteiger partial charge in [-0.25, -0.2) is 10.2 Å². The van der Waals surface area contributed by atoms with E-state index in [-0.39, 0.29) is 12.1 Å². The minimum Gasteiger partial charge on any atom is -0.381 e. The van der Waals surface area contributed by atoms with Crippen molar-refractivity contribution in [2.24, 2.45) is 0 Å². The fourth-order valence-electron chi connectivity index (χ4n) is 2.79. The van der Waals surface area contributed by atoms with Gasteiger partial charge in [0.15, 0.2) is 0 Å². The van der Waals surface area contributed by atoms with E-state index >= 15 is 0 Å². The number of aromatic nitrogens is 2. The molecule has 2 amide bonds. The van der Waals surface area contributed by atoms with Gasteiger partial charge in [-0.1, -0.05) is 24.2 Å². The summed E-state index contributed by atoms with van der Waals surface area (Å²) in [5.41, 5.74) is 2.95. The maximum absolute atomic E-state index is 11.9. The Labute approximate surface area is 121 Å². The number of nitrogens with one attached hydrogen (secondary N) is 1. The molecule has 1 aromatic rings. The summed E-state index contributed by atoms with van der Waals surface area (Å²) < 4.78 is 5.57. The first-order chi connectivity index (χ1) is 9.70. The predicted molar refractivity (Wildman–Crippen MR) is 75.6 cm³/mol. The van der Waals surface area contributed by atoms with E-state index < -0.39 is 0 Å². The molecule has 1 N–H and O–H groups in total. The van der Waals surface area contributed by atoms with Crippen molar-refractivity contribution in [3.63, 3.8) is 0 Å². The summed E-state index contributed by atoms with van der Waals surface area (Å²) in [6, 6.07) is -0.0976. The van der Waals surface area contributed by atoms with E-state index in [1.807, 2.05) is 0 Å². The number of ether oxygens (including phenoxy) is 1. The highest BCUT2D eigenvalue weighted by Crippen LogP contribution is 2.37. The first kappa shape index (κ1) is 13.7. The van der Waals surface area contributed by atoms with Crippen LogP contribution in [0.4, 0.5) is 9.93 Å². The second-order valence-electron chi connectivity index (χ2n) is 5.17. The third kappa shape index (κ3) is 2.38. The molecule has 2 unspecified atom stereocenters. The number of amides is 2. The number of hydrogen-bond acceptors (Lipinski definition) is 6. The van der Waals surface area contributed by atoms with E-state index in [1.54, 1.807) is 19.1 Å². The summed E-state index contributed by atoms with van der Waals surface area (Å²) >= 11 is 1.50. The van der Waals surface area contributed by atoms with E-state index in [0.29, 0.717) is 17.7 Å². The summed E-state index contributed by atoms with van der Waals surface area (Å²) in [5, 5.41) is 11.6. The van der Waals surface area contributed by atoms with Gasteiger partial charge in [0.05, 0.1) is 12.8 Å². The molecule has 2 atom stereocenters. The normalized spacial score (nSPS) is 27.4.